The minimum absolute atomic E-state index is 0.181. The number of rotatable bonds is 11. The van der Waals surface area contributed by atoms with Crippen LogP contribution in [0.1, 0.15) is 46.1 Å². The quantitative estimate of drug-likeness (QED) is 0.485. The number of nitrogens with zero attached hydrogens (tertiary/aromatic N) is 1. The second-order valence-electron chi connectivity index (χ2n) is 5.88. The van der Waals surface area contributed by atoms with Crippen molar-refractivity contribution >= 4 is 5.69 Å². The van der Waals surface area contributed by atoms with Crippen molar-refractivity contribution in [3.05, 3.63) is 36.4 Å². The Hall–Kier alpha value is -1.48. The summed E-state index contributed by atoms with van der Waals surface area (Å²) in [4.78, 5) is 2.43. The molecule has 0 heterocycles. The normalized spacial score (nSPS) is 10.8. The molecule has 0 atom stereocenters. The molecule has 0 bridgehead atoms. The molecule has 3 nitrogen and oxygen atoms in total. The summed E-state index contributed by atoms with van der Waals surface area (Å²) in [6.07, 6.45) is 4.35. The van der Waals surface area contributed by atoms with Gasteiger partial charge in [-0.3, -0.25) is 0 Å². The molecule has 0 unspecified atom stereocenters. The van der Waals surface area contributed by atoms with Gasteiger partial charge in [-0.25, -0.2) is 0 Å². The number of anilines is 1. The van der Waals surface area contributed by atoms with Gasteiger partial charge in [0, 0.05) is 26.2 Å². The smallest absolute Gasteiger partial charge is 0.143 e. The Bertz CT molecular complexity index is 437. The van der Waals surface area contributed by atoms with Crippen molar-refractivity contribution in [3.63, 3.8) is 0 Å². The third kappa shape index (κ3) is 6.10. The van der Waals surface area contributed by atoms with Crippen molar-refractivity contribution in [3.8, 4) is 5.75 Å². The van der Waals surface area contributed by atoms with E-state index in [-0.39, 0.29) is 6.10 Å². The molecule has 0 aliphatic heterocycles. The van der Waals surface area contributed by atoms with E-state index in [4.69, 9.17) is 4.74 Å². The van der Waals surface area contributed by atoms with E-state index in [1.165, 1.54) is 11.3 Å². The third-order valence-corrected chi connectivity index (χ3v) is 3.33. The highest BCUT2D eigenvalue weighted by molar-refractivity contribution is 5.60. The zero-order chi connectivity index (χ0) is 16.4. The van der Waals surface area contributed by atoms with Gasteiger partial charge in [-0.1, -0.05) is 26.0 Å². The molecule has 1 rings (SSSR count). The first-order chi connectivity index (χ1) is 10.6. The van der Waals surface area contributed by atoms with Gasteiger partial charge < -0.3 is 15.0 Å². The monoisotopic (exact) mass is 304 g/mol. The van der Waals surface area contributed by atoms with Gasteiger partial charge in [0.15, 0.2) is 0 Å². The third-order valence-electron chi connectivity index (χ3n) is 3.33. The molecule has 0 aromatic heterocycles. The highest BCUT2D eigenvalue weighted by Gasteiger charge is 2.13. The highest BCUT2D eigenvalue weighted by atomic mass is 16.5. The van der Waals surface area contributed by atoms with Crippen LogP contribution in [0, 0.1) is 0 Å². The Kier molecular flexibility index (Phi) is 8.68. The molecule has 0 amide bonds. The Balaban J connectivity index is 2.99. The van der Waals surface area contributed by atoms with Crippen molar-refractivity contribution in [2.75, 3.05) is 24.5 Å². The summed E-state index contributed by atoms with van der Waals surface area (Å²) >= 11 is 0. The van der Waals surface area contributed by atoms with E-state index in [0.29, 0.717) is 0 Å². The molecule has 0 fully saturated rings. The topological polar surface area (TPSA) is 24.5 Å². The summed E-state index contributed by atoms with van der Waals surface area (Å²) in [6.45, 7) is 16.1. The van der Waals surface area contributed by atoms with Crippen LogP contribution in [0.5, 0.6) is 5.75 Å². The van der Waals surface area contributed by atoms with Gasteiger partial charge in [0.25, 0.3) is 0 Å². The summed E-state index contributed by atoms with van der Waals surface area (Å²) < 4.78 is 6.08. The second kappa shape index (κ2) is 10.3. The Morgan fingerprint density at radius 2 is 1.91 bits per heavy atom. The van der Waals surface area contributed by atoms with Crippen molar-refractivity contribution in [1.82, 2.24) is 5.32 Å². The summed E-state index contributed by atoms with van der Waals surface area (Å²) in [5.41, 5.74) is 2.46. The number of hydrogen-bond donors (Lipinski definition) is 1. The van der Waals surface area contributed by atoms with Crippen LogP contribution < -0.4 is 15.0 Å². The molecule has 0 saturated carbocycles. The van der Waals surface area contributed by atoms with Gasteiger partial charge in [-0.2, -0.15) is 0 Å². The molecule has 0 aliphatic rings. The zero-order valence-corrected chi connectivity index (χ0v) is 14.7. The van der Waals surface area contributed by atoms with E-state index in [2.05, 4.69) is 62.7 Å². The first-order valence-corrected chi connectivity index (χ1v) is 8.48. The fraction of sp³-hybridized carbons (Fsp3) is 0.579. The van der Waals surface area contributed by atoms with E-state index in [0.717, 1.165) is 44.8 Å². The summed E-state index contributed by atoms with van der Waals surface area (Å²) in [7, 11) is 0. The Labute approximate surface area is 136 Å². The van der Waals surface area contributed by atoms with Crippen LogP contribution in [-0.2, 0) is 6.54 Å². The lowest BCUT2D eigenvalue weighted by Gasteiger charge is -2.27. The molecule has 1 aromatic rings. The van der Waals surface area contributed by atoms with Gasteiger partial charge in [0.05, 0.1) is 11.8 Å². The molecular weight excluding hydrogens is 272 g/mol. The molecule has 0 aliphatic carbocycles. The Morgan fingerprint density at radius 3 is 2.45 bits per heavy atom. The summed E-state index contributed by atoms with van der Waals surface area (Å²) in [6, 6.07) is 6.56. The highest BCUT2D eigenvalue weighted by Crippen LogP contribution is 2.31. The average Bonchev–Trinajstić information content (AvgIpc) is 2.47. The van der Waals surface area contributed by atoms with Crippen molar-refractivity contribution in [1.29, 1.82) is 0 Å². The molecule has 3 heteroatoms. The minimum Gasteiger partial charge on any atom is -0.489 e. The van der Waals surface area contributed by atoms with Gasteiger partial charge >= 0.3 is 0 Å². The lowest BCUT2D eigenvalue weighted by molar-refractivity contribution is 0.242. The van der Waals surface area contributed by atoms with Crippen LogP contribution in [0.4, 0.5) is 5.69 Å². The molecule has 1 aromatic carbocycles. The molecule has 0 spiro atoms. The first-order valence-electron chi connectivity index (χ1n) is 8.48. The molecule has 0 saturated heterocycles. The maximum atomic E-state index is 6.08. The number of hydrogen-bond acceptors (Lipinski definition) is 3. The minimum atomic E-state index is 0.181. The molecule has 124 valence electrons. The lowest BCUT2D eigenvalue weighted by atomic mass is 10.1. The molecular formula is C19H32N2O. The van der Waals surface area contributed by atoms with Crippen LogP contribution in [0.25, 0.3) is 0 Å². The number of benzene rings is 1. The van der Waals surface area contributed by atoms with Gasteiger partial charge in [0.1, 0.15) is 5.75 Å². The standard InChI is InChI=1S/C19H32N2O/c1-6-11-20-15-17-9-10-18(19(14-17)22-16(4)5)21(12-7-2)13-8-3/h6,9-10,14,16,20H,1,7-8,11-13,15H2,2-5H3. The van der Waals surface area contributed by atoms with Crippen molar-refractivity contribution < 1.29 is 4.74 Å². The SMILES string of the molecule is C=CCNCc1ccc(N(CCC)CCC)c(OC(C)C)c1. The van der Waals surface area contributed by atoms with Gasteiger partial charge in [-0.15, -0.1) is 6.58 Å². The number of ether oxygens (including phenoxy) is 1. The van der Waals surface area contributed by atoms with E-state index in [1.54, 1.807) is 0 Å². The van der Waals surface area contributed by atoms with Crippen LogP contribution in [0.2, 0.25) is 0 Å². The van der Waals surface area contributed by atoms with E-state index < -0.39 is 0 Å². The van der Waals surface area contributed by atoms with E-state index in [9.17, 15) is 0 Å². The predicted octanol–water partition coefficient (Wildman–Crippen LogP) is 4.38. The van der Waals surface area contributed by atoms with Crippen LogP contribution in [0.3, 0.4) is 0 Å². The fourth-order valence-electron chi connectivity index (χ4n) is 2.49. The Morgan fingerprint density at radius 1 is 1.23 bits per heavy atom. The lowest BCUT2D eigenvalue weighted by Crippen LogP contribution is -2.26. The largest absolute Gasteiger partial charge is 0.489 e. The number of nitrogens with one attached hydrogen (secondary N) is 1. The molecule has 22 heavy (non-hydrogen) atoms. The summed E-state index contributed by atoms with van der Waals surface area (Å²) in [5.74, 6) is 0.995. The van der Waals surface area contributed by atoms with Crippen molar-refractivity contribution in [2.24, 2.45) is 0 Å². The molecule has 0 radical (unpaired) electrons. The van der Waals surface area contributed by atoms with Crippen LogP contribution >= 0.6 is 0 Å². The maximum absolute atomic E-state index is 6.08. The van der Waals surface area contributed by atoms with Gasteiger partial charge in [-0.05, 0) is 44.4 Å². The van der Waals surface area contributed by atoms with Crippen molar-refractivity contribution in [2.45, 2.75) is 53.2 Å². The molecule has 1 N–H and O–H groups in total. The van der Waals surface area contributed by atoms with Crippen LogP contribution in [0.15, 0.2) is 30.9 Å². The van der Waals surface area contributed by atoms with E-state index in [1.807, 2.05) is 6.08 Å². The second-order valence-corrected chi connectivity index (χ2v) is 5.88. The maximum Gasteiger partial charge on any atom is 0.143 e. The average molecular weight is 304 g/mol. The van der Waals surface area contributed by atoms with Gasteiger partial charge in [0.2, 0.25) is 0 Å². The first kappa shape index (κ1) is 18.6. The predicted molar refractivity (Wildman–Crippen MR) is 96.9 cm³/mol. The zero-order valence-electron chi connectivity index (χ0n) is 14.7. The fourth-order valence-corrected chi connectivity index (χ4v) is 2.49. The summed E-state index contributed by atoms with van der Waals surface area (Å²) in [5, 5.41) is 3.34. The van der Waals surface area contributed by atoms with Crippen LogP contribution in [-0.4, -0.2) is 25.7 Å². The van der Waals surface area contributed by atoms with E-state index >= 15 is 0 Å².